The Kier molecular flexibility index (Phi) is 20.8. The first-order valence-electron chi connectivity index (χ1n) is 28.2. The number of amides is 5. The van der Waals surface area contributed by atoms with Gasteiger partial charge in [0.25, 0.3) is 5.91 Å². The minimum absolute atomic E-state index is 0.0205. The predicted molar refractivity (Wildman–Crippen MR) is 310 cm³/mol. The van der Waals surface area contributed by atoms with Crippen molar-refractivity contribution in [1.29, 1.82) is 0 Å². The second-order valence-electron chi connectivity index (χ2n) is 21.4. The van der Waals surface area contributed by atoms with Crippen LogP contribution in [-0.2, 0) is 43.5 Å². The van der Waals surface area contributed by atoms with E-state index in [4.69, 9.17) is 29.4 Å². The van der Waals surface area contributed by atoms with Crippen LogP contribution in [0, 0.1) is 0 Å². The molecule has 19 nitrogen and oxygen atoms in total. The van der Waals surface area contributed by atoms with Crippen molar-refractivity contribution in [3.8, 4) is 23.0 Å². The van der Waals surface area contributed by atoms with Gasteiger partial charge in [0.15, 0.2) is 23.0 Å². The first-order valence-corrected chi connectivity index (χ1v) is 28.2. The van der Waals surface area contributed by atoms with E-state index >= 15 is 0 Å². The summed E-state index contributed by atoms with van der Waals surface area (Å²) < 4.78 is 30.1. The molecule has 0 aromatic heterocycles. The fraction of sp³-hybridized carbons (Fsp3) is 0.452. The summed E-state index contributed by atoms with van der Waals surface area (Å²) in [5.74, 6) is 0.761. The van der Waals surface area contributed by atoms with Crippen LogP contribution in [0.1, 0.15) is 105 Å². The van der Waals surface area contributed by atoms with Gasteiger partial charge in [0, 0.05) is 75.8 Å². The molecule has 4 heterocycles. The molecule has 0 aliphatic carbocycles. The van der Waals surface area contributed by atoms with Gasteiger partial charge in [-0.1, -0.05) is 66.8 Å². The molecule has 8 rings (SSSR count). The van der Waals surface area contributed by atoms with E-state index in [9.17, 15) is 28.8 Å². The number of nitrogens with one attached hydrogen (secondary N) is 4. The summed E-state index contributed by atoms with van der Waals surface area (Å²) in [5.41, 5.74) is 12.8. The van der Waals surface area contributed by atoms with Gasteiger partial charge >= 0.3 is 6.09 Å². The fourth-order valence-corrected chi connectivity index (χ4v) is 10.8. The van der Waals surface area contributed by atoms with Crippen molar-refractivity contribution in [3.05, 3.63) is 125 Å². The third-order valence-corrected chi connectivity index (χ3v) is 15.1. The number of nitrogens with zero attached hydrogens (tertiary/aromatic N) is 3. The molecule has 6 N–H and O–H groups in total. The van der Waals surface area contributed by atoms with Gasteiger partial charge in [-0.2, -0.15) is 0 Å². The number of unbranched alkanes of at least 4 members (excludes halogenated alkanes) is 3. The summed E-state index contributed by atoms with van der Waals surface area (Å²) in [6, 6.07) is 21.8. The van der Waals surface area contributed by atoms with Gasteiger partial charge in [-0.3, -0.25) is 29.0 Å². The highest BCUT2D eigenvalue weighted by atomic mass is 16.6. The van der Waals surface area contributed by atoms with Crippen molar-refractivity contribution < 1.29 is 52.5 Å². The third kappa shape index (κ3) is 15.9. The van der Waals surface area contributed by atoms with Crippen LogP contribution in [-0.4, -0.2) is 130 Å². The van der Waals surface area contributed by atoms with Crippen LogP contribution >= 0.6 is 0 Å². The van der Waals surface area contributed by atoms with E-state index in [1.165, 1.54) is 6.92 Å². The van der Waals surface area contributed by atoms with E-state index in [-0.39, 0.29) is 55.6 Å². The molecule has 0 radical (unpaired) electrons. The van der Waals surface area contributed by atoms with Gasteiger partial charge < -0.3 is 60.4 Å². The Bertz CT molecular complexity index is 2920. The topological polar surface area (TPSA) is 232 Å². The number of Topliss-reactive ketones (excluding diaryl/α,β-unsaturated/α-hetero) is 1. The van der Waals surface area contributed by atoms with Crippen LogP contribution in [0.5, 0.6) is 23.0 Å². The lowest BCUT2D eigenvalue weighted by molar-refractivity contribution is -0.131. The molecular formula is C62H78N8O11. The molecule has 432 valence electrons. The van der Waals surface area contributed by atoms with E-state index in [1.807, 2.05) is 53.4 Å². The molecule has 4 atom stereocenters. The van der Waals surface area contributed by atoms with Crippen molar-refractivity contribution in [2.75, 3.05) is 75.7 Å². The zero-order chi connectivity index (χ0) is 57.4. The number of benzene rings is 4. The quantitative estimate of drug-likeness (QED) is 0.0283. The molecule has 4 aliphatic heterocycles. The Morgan fingerprint density at radius 3 is 2.15 bits per heavy atom. The van der Waals surface area contributed by atoms with Crippen LogP contribution in [0.15, 0.2) is 103 Å². The summed E-state index contributed by atoms with van der Waals surface area (Å²) in [6.45, 7) is 13.9. The van der Waals surface area contributed by atoms with E-state index in [2.05, 4.69) is 39.3 Å². The van der Waals surface area contributed by atoms with Crippen molar-refractivity contribution in [1.82, 2.24) is 20.4 Å². The lowest BCUT2D eigenvalue weighted by Gasteiger charge is -2.26. The van der Waals surface area contributed by atoms with Gasteiger partial charge in [0.2, 0.25) is 17.7 Å². The predicted octanol–water partition coefficient (Wildman–Crippen LogP) is 7.85. The Morgan fingerprint density at radius 1 is 0.728 bits per heavy atom. The second kappa shape index (κ2) is 28.5. The van der Waals surface area contributed by atoms with Crippen LogP contribution in [0.2, 0.25) is 0 Å². The summed E-state index contributed by atoms with van der Waals surface area (Å²) >= 11 is 0. The smallest absolute Gasteiger partial charge is 0.414 e. The van der Waals surface area contributed by atoms with Crippen LogP contribution in [0.3, 0.4) is 0 Å². The highest BCUT2D eigenvalue weighted by molar-refractivity contribution is 6.02. The zero-order valence-corrected chi connectivity index (χ0v) is 47.0. The minimum Gasteiger partial charge on any atom is -0.493 e. The van der Waals surface area contributed by atoms with Crippen molar-refractivity contribution in [2.45, 2.75) is 121 Å². The van der Waals surface area contributed by atoms with Crippen LogP contribution in [0.25, 0.3) is 0 Å². The van der Waals surface area contributed by atoms with E-state index in [0.29, 0.717) is 124 Å². The molecule has 5 amide bonds. The monoisotopic (exact) mass is 1110 g/mol. The number of rotatable bonds is 27. The maximum atomic E-state index is 14.3. The summed E-state index contributed by atoms with van der Waals surface area (Å²) in [6.07, 6.45) is 5.71. The van der Waals surface area contributed by atoms with Gasteiger partial charge in [0.05, 0.1) is 50.4 Å². The fourth-order valence-electron chi connectivity index (χ4n) is 10.8. The summed E-state index contributed by atoms with van der Waals surface area (Å²) in [7, 11) is 3.17. The highest BCUT2D eigenvalue weighted by Gasteiger charge is 2.38. The molecule has 4 aliphatic rings. The molecule has 0 spiro atoms. The molecule has 2 fully saturated rings. The van der Waals surface area contributed by atoms with Gasteiger partial charge in [-0.25, -0.2) is 4.79 Å². The molecule has 81 heavy (non-hydrogen) atoms. The molecule has 0 saturated carbocycles. The van der Waals surface area contributed by atoms with Crippen molar-refractivity contribution in [2.24, 2.45) is 5.73 Å². The average Bonchev–Trinajstić information content (AvgIpc) is 4.12. The number of ketones is 1. The number of fused-ring (bicyclic) bond motifs is 4. The third-order valence-electron chi connectivity index (χ3n) is 15.1. The lowest BCUT2D eigenvalue weighted by Crippen LogP contribution is -2.53. The first-order chi connectivity index (χ1) is 39.2. The molecule has 4 aromatic rings. The van der Waals surface area contributed by atoms with Crippen molar-refractivity contribution >= 4 is 52.6 Å². The molecule has 2 saturated heterocycles. The number of anilines is 3. The molecule has 0 bridgehead atoms. The maximum Gasteiger partial charge on any atom is 0.414 e. The molecule has 3 unspecified atom stereocenters. The number of carbonyl (C=O) groups excluding carboxylic acids is 6. The number of methoxy groups -OCH3 is 2. The Labute approximate surface area is 474 Å². The second-order valence-corrected chi connectivity index (χ2v) is 21.4. The van der Waals surface area contributed by atoms with E-state index in [0.717, 1.165) is 60.1 Å². The normalized spacial score (nSPS) is 17.2. The van der Waals surface area contributed by atoms with Crippen LogP contribution < -0.4 is 50.8 Å². The lowest BCUT2D eigenvalue weighted by atomic mass is 10.0. The Hall–Kier alpha value is -7.90. The number of nitrogens with two attached hydrogens (primary N) is 1. The van der Waals surface area contributed by atoms with Crippen LogP contribution in [0.4, 0.5) is 21.9 Å². The number of hydrogen-bond acceptors (Lipinski definition) is 14. The zero-order valence-electron chi connectivity index (χ0n) is 47.0. The Morgan fingerprint density at radius 2 is 1.43 bits per heavy atom. The largest absolute Gasteiger partial charge is 0.493 e. The summed E-state index contributed by atoms with van der Waals surface area (Å²) in [5, 5.41) is 12.1. The van der Waals surface area contributed by atoms with Gasteiger partial charge in [-0.05, 0) is 112 Å². The van der Waals surface area contributed by atoms with Gasteiger partial charge in [0.1, 0.15) is 24.5 Å². The average molecular weight is 1110 g/mol. The molecule has 4 aromatic carbocycles. The van der Waals surface area contributed by atoms with E-state index < -0.39 is 30.0 Å². The molecular weight excluding hydrogens is 1030 g/mol. The highest BCUT2D eigenvalue weighted by Crippen LogP contribution is 2.41. The molecule has 19 heteroatoms. The SMILES string of the molecule is C=C1CC2CN(C(=O)OCc3ccc(NC(=O)C(CCCCN)NC(=O)[C@H](Cc4ccccc4)NC(=O)CCCC(C)=O)cc3)c3cc(OCCCCCOc4cc5c(cc4OC)C(=O)N4CC(=C)CC4CN5)c(OC)cc3CN2C1. The van der Waals surface area contributed by atoms with Crippen molar-refractivity contribution in [3.63, 3.8) is 0 Å². The van der Waals surface area contributed by atoms with E-state index in [1.54, 1.807) is 49.5 Å². The summed E-state index contributed by atoms with van der Waals surface area (Å²) in [4.78, 5) is 85.7. The maximum absolute atomic E-state index is 14.3. The number of hydrogen-bond donors (Lipinski definition) is 5. The number of ether oxygens (including phenoxy) is 5. The number of carbonyl (C=O) groups is 6. The Balaban J connectivity index is 0.861. The first kappa shape index (κ1) is 59.2. The van der Waals surface area contributed by atoms with Gasteiger partial charge in [-0.15, -0.1) is 0 Å². The minimum atomic E-state index is -0.964. The standard InChI is InChI=1S/C62H78N8O11/c1-40-28-48-38-70(62(76)81-39-44-20-22-46(23-21-44)65-59(73)50(18-10-11-24-63)67-60(74)52(29-43-16-8-6-9-17-43)66-58(72)19-14-15-42(3)71)53-33-57(54(77-4)30-45(53)37-68(48)35-40)80-26-13-7-12-25-79-56-32-51-49(31-55(56)78-5)61(75)69-36-41(2)27-47(69)34-64-51/h6,8-9,16-17,20-23,30-33,47-48,50,52,64H,1-2,7,10-15,18-19,24-29,34-39,63H2,3-5H3,(H,65,73)(H,66,72)(H,67,74)/t47?,48?,50?,52-/m0/s1.